The zero-order valence-electron chi connectivity index (χ0n) is 10.9. The fourth-order valence-corrected chi connectivity index (χ4v) is 2.11. The van der Waals surface area contributed by atoms with E-state index >= 15 is 0 Å². The molecule has 1 N–H and O–H groups in total. The number of fused-ring (bicyclic) bond motifs is 1. The number of carbonyl (C=O) groups is 1. The molecule has 3 rings (SSSR count). The molecule has 7 nitrogen and oxygen atoms in total. The van der Waals surface area contributed by atoms with Gasteiger partial charge in [-0.2, -0.15) is 0 Å². The summed E-state index contributed by atoms with van der Waals surface area (Å²) in [4.78, 5) is 23.5. The van der Waals surface area contributed by atoms with E-state index in [0.29, 0.717) is 17.7 Å². The number of hydrogen-bond acceptors (Lipinski definition) is 4. The highest BCUT2D eigenvalue weighted by Gasteiger charge is 2.11. The van der Waals surface area contributed by atoms with Gasteiger partial charge >= 0.3 is 5.97 Å². The summed E-state index contributed by atoms with van der Waals surface area (Å²) < 4.78 is 3.85. The third kappa shape index (κ3) is 2.03. The molecule has 0 aromatic carbocycles. The Hall–Kier alpha value is -2.70. The van der Waals surface area contributed by atoms with Crippen molar-refractivity contribution in [2.45, 2.75) is 20.0 Å². The van der Waals surface area contributed by atoms with Gasteiger partial charge in [0.1, 0.15) is 5.52 Å². The number of carboxylic acids is 1. The van der Waals surface area contributed by atoms with Crippen LogP contribution in [0.15, 0.2) is 31.0 Å². The van der Waals surface area contributed by atoms with Crippen LogP contribution < -0.4 is 0 Å². The Bertz CT molecular complexity index is 774. The molecule has 3 aromatic rings. The van der Waals surface area contributed by atoms with Crippen molar-refractivity contribution >= 4 is 17.1 Å². The first kappa shape index (κ1) is 12.3. The normalized spacial score (nSPS) is 11.1. The van der Waals surface area contributed by atoms with Crippen LogP contribution in [0.25, 0.3) is 11.2 Å². The highest BCUT2D eigenvalue weighted by Crippen LogP contribution is 2.13. The maximum absolute atomic E-state index is 11.0. The number of aryl methyl sites for hydroxylation is 1. The van der Waals surface area contributed by atoms with Gasteiger partial charge in [0.05, 0.1) is 24.9 Å². The van der Waals surface area contributed by atoms with Gasteiger partial charge in [-0.1, -0.05) is 0 Å². The average molecular weight is 271 g/mol. The third-order valence-corrected chi connectivity index (χ3v) is 3.15. The summed E-state index contributed by atoms with van der Waals surface area (Å²) in [6.45, 7) is 3.42. The standard InChI is InChI=1S/C13H13N5O2/c1-2-17-7-14-5-9(17)6-18-8-15-10-3-4-11(13(19)20)16-12(10)18/h3-5,7-8H,2,6H2,1H3,(H,19,20). The van der Waals surface area contributed by atoms with Crippen molar-refractivity contribution in [1.82, 2.24) is 24.1 Å². The third-order valence-electron chi connectivity index (χ3n) is 3.15. The van der Waals surface area contributed by atoms with Crippen LogP contribution >= 0.6 is 0 Å². The lowest BCUT2D eigenvalue weighted by Gasteiger charge is -2.06. The summed E-state index contributed by atoms with van der Waals surface area (Å²) in [5, 5.41) is 9.01. The summed E-state index contributed by atoms with van der Waals surface area (Å²) in [6, 6.07) is 3.12. The Morgan fingerprint density at radius 3 is 2.90 bits per heavy atom. The van der Waals surface area contributed by atoms with Crippen LogP contribution in [0.3, 0.4) is 0 Å². The Labute approximate surface area is 114 Å². The fourth-order valence-electron chi connectivity index (χ4n) is 2.11. The number of carboxylic acid groups (broad SMARTS) is 1. The molecule has 20 heavy (non-hydrogen) atoms. The van der Waals surface area contributed by atoms with Crippen molar-refractivity contribution in [3.63, 3.8) is 0 Å². The van der Waals surface area contributed by atoms with Gasteiger partial charge in [0.25, 0.3) is 0 Å². The van der Waals surface area contributed by atoms with E-state index in [-0.39, 0.29) is 5.69 Å². The van der Waals surface area contributed by atoms with Crippen LogP contribution in [0.4, 0.5) is 0 Å². The van der Waals surface area contributed by atoms with Gasteiger partial charge in [-0.25, -0.2) is 19.7 Å². The number of hydrogen-bond donors (Lipinski definition) is 1. The minimum absolute atomic E-state index is 0.0169. The van der Waals surface area contributed by atoms with E-state index in [1.807, 2.05) is 16.1 Å². The minimum Gasteiger partial charge on any atom is -0.477 e. The number of rotatable bonds is 4. The monoisotopic (exact) mass is 271 g/mol. The molecular formula is C13H13N5O2. The number of pyridine rings is 1. The van der Waals surface area contributed by atoms with Crippen molar-refractivity contribution < 1.29 is 9.90 Å². The predicted molar refractivity (Wildman–Crippen MR) is 71.5 cm³/mol. The van der Waals surface area contributed by atoms with Crippen LogP contribution in [-0.2, 0) is 13.1 Å². The molecule has 3 heterocycles. The van der Waals surface area contributed by atoms with Crippen molar-refractivity contribution in [2.75, 3.05) is 0 Å². The first-order valence-corrected chi connectivity index (χ1v) is 6.23. The van der Waals surface area contributed by atoms with E-state index in [1.54, 1.807) is 24.9 Å². The second-order valence-corrected chi connectivity index (χ2v) is 4.39. The van der Waals surface area contributed by atoms with Gasteiger partial charge in [-0.05, 0) is 19.1 Å². The zero-order valence-corrected chi connectivity index (χ0v) is 10.9. The quantitative estimate of drug-likeness (QED) is 0.775. The molecule has 0 spiro atoms. The Kier molecular flexibility index (Phi) is 2.94. The largest absolute Gasteiger partial charge is 0.477 e. The van der Waals surface area contributed by atoms with Gasteiger partial charge in [0, 0.05) is 12.7 Å². The lowest BCUT2D eigenvalue weighted by molar-refractivity contribution is 0.0691. The predicted octanol–water partition coefficient (Wildman–Crippen LogP) is 1.39. The topological polar surface area (TPSA) is 85.8 Å². The molecule has 0 aliphatic rings. The SMILES string of the molecule is CCn1cncc1Cn1cnc2ccc(C(=O)O)nc21. The van der Waals surface area contributed by atoms with E-state index in [1.165, 1.54) is 6.07 Å². The highest BCUT2D eigenvalue weighted by atomic mass is 16.4. The summed E-state index contributed by atoms with van der Waals surface area (Å²) in [5.41, 5.74) is 2.28. The van der Waals surface area contributed by atoms with E-state index in [0.717, 1.165) is 12.2 Å². The van der Waals surface area contributed by atoms with Gasteiger partial charge in [-0.15, -0.1) is 0 Å². The van der Waals surface area contributed by atoms with Gasteiger partial charge in [-0.3, -0.25) is 0 Å². The van der Waals surface area contributed by atoms with Crippen molar-refractivity contribution in [1.29, 1.82) is 0 Å². The average Bonchev–Trinajstić information content (AvgIpc) is 3.05. The van der Waals surface area contributed by atoms with E-state index in [9.17, 15) is 4.79 Å². The lowest BCUT2D eigenvalue weighted by Crippen LogP contribution is -2.07. The first-order valence-electron chi connectivity index (χ1n) is 6.23. The molecule has 0 amide bonds. The number of aromatic carboxylic acids is 1. The molecule has 3 aromatic heterocycles. The van der Waals surface area contributed by atoms with Crippen LogP contribution in [0.1, 0.15) is 23.1 Å². The minimum atomic E-state index is -1.04. The maximum Gasteiger partial charge on any atom is 0.354 e. The number of aromatic nitrogens is 5. The molecule has 0 bridgehead atoms. The molecule has 0 radical (unpaired) electrons. The van der Waals surface area contributed by atoms with Crippen molar-refractivity contribution in [2.24, 2.45) is 0 Å². The highest BCUT2D eigenvalue weighted by molar-refractivity contribution is 5.88. The molecular weight excluding hydrogens is 258 g/mol. The zero-order chi connectivity index (χ0) is 14.1. The van der Waals surface area contributed by atoms with E-state index < -0.39 is 5.97 Å². The van der Waals surface area contributed by atoms with Crippen LogP contribution in [0.2, 0.25) is 0 Å². The maximum atomic E-state index is 11.0. The Morgan fingerprint density at radius 1 is 1.30 bits per heavy atom. The molecule has 7 heteroatoms. The summed E-state index contributed by atoms with van der Waals surface area (Å²) in [5.74, 6) is -1.04. The second kappa shape index (κ2) is 4.76. The molecule has 0 aliphatic heterocycles. The van der Waals surface area contributed by atoms with Crippen LogP contribution in [-0.4, -0.2) is 35.2 Å². The lowest BCUT2D eigenvalue weighted by atomic mass is 10.3. The first-order chi connectivity index (χ1) is 9.69. The van der Waals surface area contributed by atoms with Gasteiger partial charge in [0.2, 0.25) is 0 Å². The fraction of sp³-hybridized carbons (Fsp3) is 0.231. The summed E-state index contributed by atoms with van der Waals surface area (Å²) in [6.07, 6.45) is 5.22. The van der Waals surface area contributed by atoms with Gasteiger partial charge in [0.15, 0.2) is 11.3 Å². The molecule has 0 saturated carbocycles. The van der Waals surface area contributed by atoms with E-state index in [4.69, 9.17) is 5.11 Å². The molecule has 0 saturated heterocycles. The van der Waals surface area contributed by atoms with Crippen molar-refractivity contribution in [3.8, 4) is 0 Å². The molecule has 0 atom stereocenters. The molecule has 102 valence electrons. The Morgan fingerprint density at radius 2 is 2.15 bits per heavy atom. The molecule has 0 aliphatic carbocycles. The number of imidazole rings is 2. The summed E-state index contributed by atoms with van der Waals surface area (Å²) in [7, 11) is 0. The van der Waals surface area contributed by atoms with Gasteiger partial charge < -0.3 is 14.2 Å². The second-order valence-electron chi connectivity index (χ2n) is 4.39. The summed E-state index contributed by atoms with van der Waals surface area (Å²) >= 11 is 0. The Balaban J connectivity index is 2.03. The van der Waals surface area contributed by atoms with Crippen LogP contribution in [0, 0.1) is 0 Å². The molecule has 0 unspecified atom stereocenters. The number of nitrogens with zero attached hydrogens (tertiary/aromatic N) is 5. The van der Waals surface area contributed by atoms with Crippen molar-refractivity contribution in [3.05, 3.63) is 42.4 Å². The van der Waals surface area contributed by atoms with Crippen LogP contribution in [0.5, 0.6) is 0 Å². The van der Waals surface area contributed by atoms with E-state index in [2.05, 4.69) is 15.0 Å². The smallest absolute Gasteiger partial charge is 0.354 e. The molecule has 0 fully saturated rings.